The number of hydrogen-bond acceptors (Lipinski definition) is 4. The highest BCUT2D eigenvalue weighted by atomic mass is 16.5. The van der Waals surface area contributed by atoms with Gasteiger partial charge in [0.15, 0.2) is 5.69 Å². The normalized spacial score (nSPS) is 24.3. The Kier molecular flexibility index (Phi) is 4.01. The molecule has 1 N–H and O–H groups in total. The fourth-order valence-corrected chi connectivity index (χ4v) is 2.37. The summed E-state index contributed by atoms with van der Waals surface area (Å²) in [6, 6.07) is 2.33. The van der Waals surface area contributed by atoms with E-state index in [0.29, 0.717) is 17.5 Å². The molecule has 5 nitrogen and oxygen atoms in total. The number of carbonyl (C=O) groups is 1. The van der Waals surface area contributed by atoms with Crippen molar-refractivity contribution in [3.05, 3.63) is 17.5 Å². The molecule has 0 aromatic carbocycles. The van der Waals surface area contributed by atoms with Gasteiger partial charge in [-0.2, -0.15) is 0 Å². The quantitative estimate of drug-likeness (QED) is 0.886. The van der Waals surface area contributed by atoms with Gasteiger partial charge < -0.3 is 14.7 Å². The predicted octanol–water partition coefficient (Wildman–Crippen LogP) is 1.59. The summed E-state index contributed by atoms with van der Waals surface area (Å²) in [6.07, 6.45) is 1.98. The molecule has 0 radical (unpaired) electrons. The van der Waals surface area contributed by atoms with Gasteiger partial charge in [-0.25, -0.2) is 0 Å². The van der Waals surface area contributed by atoms with Gasteiger partial charge in [0.25, 0.3) is 5.91 Å². The highest BCUT2D eigenvalue weighted by Gasteiger charge is 2.31. The molecule has 2 atom stereocenters. The first kappa shape index (κ1) is 13.1. The molecule has 0 saturated carbocycles. The summed E-state index contributed by atoms with van der Waals surface area (Å²) in [5.74, 6) is 0.659. The number of piperazine rings is 1. The molecular formula is C13H21N3O2. The van der Waals surface area contributed by atoms with Crippen molar-refractivity contribution in [2.75, 3.05) is 13.1 Å². The van der Waals surface area contributed by atoms with Crippen LogP contribution < -0.4 is 5.32 Å². The first-order valence-corrected chi connectivity index (χ1v) is 6.63. The maximum atomic E-state index is 12.4. The van der Waals surface area contributed by atoms with Crippen molar-refractivity contribution < 1.29 is 9.32 Å². The maximum Gasteiger partial charge on any atom is 0.276 e. The first-order chi connectivity index (χ1) is 8.65. The van der Waals surface area contributed by atoms with Crippen molar-refractivity contribution in [3.63, 3.8) is 0 Å². The molecule has 1 aromatic rings. The van der Waals surface area contributed by atoms with Crippen LogP contribution in [0.3, 0.4) is 0 Å². The number of nitrogens with one attached hydrogen (secondary N) is 1. The lowest BCUT2D eigenvalue weighted by atomic mass is 10.0. The van der Waals surface area contributed by atoms with Gasteiger partial charge in [0.2, 0.25) is 0 Å². The van der Waals surface area contributed by atoms with Gasteiger partial charge in [0.05, 0.1) is 0 Å². The molecule has 1 aromatic heterocycles. The Hall–Kier alpha value is -1.36. The van der Waals surface area contributed by atoms with Crippen LogP contribution in [0, 0.1) is 6.92 Å². The van der Waals surface area contributed by atoms with Gasteiger partial charge in [-0.15, -0.1) is 0 Å². The molecule has 1 saturated heterocycles. The smallest absolute Gasteiger partial charge is 0.276 e. The minimum Gasteiger partial charge on any atom is -0.361 e. The van der Waals surface area contributed by atoms with Crippen molar-refractivity contribution in [1.82, 2.24) is 15.4 Å². The minimum absolute atomic E-state index is 0.0151. The maximum absolute atomic E-state index is 12.4. The third kappa shape index (κ3) is 2.56. The van der Waals surface area contributed by atoms with E-state index in [0.717, 1.165) is 25.9 Å². The van der Waals surface area contributed by atoms with E-state index in [1.54, 1.807) is 13.0 Å². The van der Waals surface area contributed by atoms with Gasteiger partial charge >= 0.3 is 0 Å². The van der Waals surface area contributed by atoms with Crippen molar-refractivity contribution in [1.29, 1.82) is 0 Å². The van der Waals surface area contributed by atoms with Crippen molar-refractivity contribution >= 4 is 5.91 Å². The van der Waals surface area contributed by atoms with E-state index in [2.05, 4.69) is 24.3 Å². The minimum atomic E-state index is -0.0151. The molecule has 2 heterocycles. The number of carbonyl (C=O) groups excluding carboxylic acids is 1. The number of aromatic nitrogens is 1. The Morgan fingerprint density at radius 1 is 1.56 bits per heavy atom. The summed E-state index contributed by atoms with van der Waals surface area (Å²) in [6.45, 7) is 7.64. The standard InChI is InChI=1S/C13H21N3O2/c1-4-10-8-16(11(5-2)7-14-10)13(17)12-6-9(3)18-15-12/h6,10-11,14H,4-5,7-8H2,1-3H3. The van der Waals surface area contributed by atoms with Crippen molar-refractivity contribution in [2.24, 2.45) is 0 Å². The Labute approximate surface area is 108 Å². The highest BCUT2D eigenvalue weighted by Crippen LogP contribution is 2.16. The average Bonchev–Trinajstić information content (AvgIpc) is 2.83. The van der Waals surface area contributed by atoms with Gasteiger partial charge in [0.1, 0.15) is 5.76 Å². The SMILES string of the molecule is CCC1CN(C(=O)c2cc(C)on2)C(CC)CN1. The zero-order valence-corrected chi connectivity index (χ0v) is 11.3. The Morgan fingerprint density at radius 3 is 2.89 bits per heavy atom. The van der Waals surface area contributed by atoms with Gasteiger partial charge in [-0.3, -0.25) is 4.79 Å². The molecule has 1 aliphatic heterocycles. The second kappa shape index (κ2) is 5.52. The Balaban J connectivity index is 2.14. The third-order valence-corrected chi connectivity index (χ3v) is 3.57. The van der Waals surface area contributed by atoms with Gasteiger partial charge in [-0.1, -0.05) is 19.0 Å². The molecule has 18 heavy (non-hydrogen) atoms. The molecule has 0 spiro atoms. The molecule has 100 valence electrons. The number of hydrogen-bond donors (Lipinski definition) is 1. The molecule has 1 fully saturated rings. The second-order valence-electron chi connectivity index (χ2n) is 4.86. The van der Waals surface area contributed by atoms with E-state index in [4.69, 9.17) is 4.52 Å². The lowest BCUT2D eigenvalue weighted by Gasteiger charge is -2.39. The lowest BCUT2D eigenvalue weighted by Crippen LogP contribution is -2.57. The summed E-state index contributed by atoms with van der Waals surface area (Å²) in [5, 5.41) is 7.30. The van der Waals surface area contributed by atoms with E-state index in [-0.39, 0.29) is 11.9 Å². The van der Waals surface area contributed by atoms with Crippen LogP contribution in [-0.4, -0.2) is 41.1 Å². The summed E-state index contributed by atoms with van der Waals surface area (Å²) in [5.41, 5.74) is 0.419. The fourth-order valence-electron chi connectivity index (χ4n) is 2.37. The highest BCUT2D eigenvalue weighted by molar-refractivity contribution is 5.92. The monoisotopic (exact) mass is 251 g/mol. The van der Waals surface area contributed by atoms with Crippen LogP contribution in [0.15, 0.2) is 10.6 Å². The van der Waals surface area contributed by atoms with Crippen LogP contribution in [0.2, 0.25) is 0 Å². The molecule has 0 aliphatic carbocycles. The van der Waals surface area contributed by atoms with Crippen molar-refractivity contribution in [3.8, 4) is 0 Å². The summed E-state index contributed by atoms with van der Waals surface area (Å²) < 4.78 is 4.99. The molecular weight excluding hydrogens is 230 g/mol. The largest absolute Gasteiger partial charge is 0.361 e. The van der Waals surface area contributed by atoms with Crippen LogP contribution in [0.4, 0.5) is 0 Å². The number of rotatable bonds is 3. The van der Waals surface area contributed by atoms with E-state index < -0.39 is 0 Å². The number of amides is 1. The number of aryl methyl sites for hydroxylation is 1. The zero-order chi connectivity index (χ0) is 13.1. The van der Waals surface area contributed by atoms with E-state index in [1.807, 2.05) is 4.90 Å². The van der Waals surface area contributed by atoms with Crippen LogP contribution >= 0.6 is 0 Å². The molecule has 2 unspecified atom stereocenters. The summed E-state index contributed by atoms with van der Waals surface area (Å²) in [4.78, 5) is 14.4. The Morgan fingerprint density at radius 2 is 2.33 bits per heavy atom. The van der Waals surface area contributed by atoms with Gasteiger partial charge in [-0.05, 0) is 19.8 Å². The van der Waals surface area contributed by atoms with E-state index in [1.165, 1.54) is 0 Å². The predicted molar refractivity (Wildman–Crippen MR) is 68.4 cm³/mol. The Bertz CT molecular complexity index is 416. The van der Waals surface area contributed by atoms with E-state index >= 15 is 0 Å². The van der Waals surface area contributed by atoms with Crippen LogP contribution in [0.1, 0.15) is 42.9 Å². The van der Waals surface area contributed by atoms with Crippen LogP contribution in [-0.2, 0) is 0 Å². The molecule has 5 heteroatoms. The molecule has 0 bridgehead atoms. The number of nitrogens with zero attached hydrogens (tertiary/aromatic N) is 2. The average molecular weight is 251 g/mol. The van der Waals surface area contributed by atoms with Crippen molar-refractivity contribution in [2.45, 2.75) is 45.7 Å². The topological polar surface area (TPSA) is 58.4 Å². The zero-order valence-electron chi connectivity index (χ0n) is 11.3. The third-order valence-electron chi connectivity index (χ3n) is 3.57. The van der Waals surface area contributed by atoms with Crippen LogP contribution in [0.5, 0.6) is 0 Å². The molecule has 1 amide bonds. The van der Waals surface area contributed by atoms with Crippen LogP contribution in [0.25, 0.3) is 0 Å². The lowest BCUT2D eigenvalue weighted by molar-refractivity contribution is 0.0565. The summed E-state index contributed by atoms with van der Waals surface area (Å²) >= 11 is 0. The fraction of sp³-hybridized carbons (Fsp3) is 0.692. The molecule has 1 aliphatic rings. The van der Waals surface area contributed by atoms with E-state index in [9.17, 15) is 4.79 Å². The summed E-state index contributed by atoms with van der Waals surface area (Å²) in [7, 11) is 0. The second-order valence-corrected chi connectivity index (χ2v) is 4.86. The molecule has 2 rings (SSSR count). The van der Waals surface area contributed by atoms with Gasteiger partial charge in [0, 0.05) is 31.2 Å². The first-order valence-electron chi connectivity index (χ1n) is 6.63.